The monoisotopic (exact) mass is 203 g/mol. The second-order valence-electron chi connectivity index (χ2n) is 1.56. The molecule has 0 unspecified atom stereocenters. The minimum Gasteiger partial charge on any atom is -0.399 e. The summed E-state index contributed by atoms with van der Waals surface area (Å²) in [4.78, 5) is 0. The van der Waals surface area contributed by atoms with Crippen molar-refractivity contribution in [1.82, 2.24) is 0 Å². The molecule has 0 aliphatic heterocycles. The van der Waals surface area contributed by atoms with Crippen LogP contribution in [0.15, 0.2) is 28.7 Å². The van der Waals surface area contributed by atoms with Gasteiger partial charge in [-0.15, -0.1) is 0 Å². The summed E-state index contributed by atoms with van der Waals surface area (Å²) in [7, 11) is 0. The van der Waals surface area contributed by atoms with Crippen molar-refractivity contribution in [2.75, 3.05) is 5.73 Å². The molecule has 0 radical (unpaired) electrons. The molecule has 0 fully saturated rings. The van der Waals surface area contributed by atoms with E-state index < -0.39 is 0 Å². The molecule has 10 heavy (non-hydrogen) atoms. The van der Waals surface area contributed by atoms with Gasteiger partial charge in [-0.05, 0) is 18.2 Å². The van der Waals surface area contributed by atoms with Crippen LogP contribution in [0.25, 0.3) is 0 Å². The molecular weight excluding hydrogens is 190 g/mol. The highest BCUT2D eigenvalue weighted by atomic mass is 79.9. The van der Waals surface area contributed by atoms with E-state index in [2.05, 4.69) is 15.9 Å². The van der Waals surface area contributed by atoms with E-state index >= 15 is 0 Å². The van der Waals surface area contributed by atoms with Crippen molar-refractivity contribution in [2.24, 2.45) is 0 Å². The average Bonchev–Trinajstić information content (AvgIpc) is 1.91. The first-order valence-electron chi connectivity index (χ1n) is 3.30. The normalized spacial score (nSPS) is 7.90. The third-order valence-corrected chi connectivity index (χ3v) is 1.34. The molecular formula is C8H14BrN. The topological polar surface area (TPSA) is 26.0 Å². The van der Waals surface area contributed by atoms with E-state index in [1.165, 1.54) is 0 Å². The fraction of sp³-hybridized carbons (Fsp3) is 0.250. The minimum absolute atomic E-state index is 0. The van der Waals surface area contributed by atoms with Crippen molar-refractivity contribution in [1.29, 1.82) is 0 Å². The van der Waals surface area contributed by atoms with Gasteiger partial charge in [0.15, 0.2) is 0 Å². The molecule has 58 valence electrons. The average molecular weight is 204 g/mol. The molecule has 0 saturated carbocycles. The third-order valence-electron chi connectivity index (χ3n) is 0.849. The van der Waals surface area contributed by atoms with Gasteiger partial charge in [-0.2, -0.15) is 0 Å². The summed E-state index contributed by atoms with van der Waals surface area (Å²) in [6.45, 7) is 4.00. The molecule has 0 amide bonds. The van der Waals surface area contributed by atoms with E-state index in [1.807, 2.05) is 38.1 Å². The van der Waals surface area contributed by atoms with Crippen LogP contribution in [0.1, 0.15) is 15.3 Å². The quantitative estimate of drug-likeness (QED) is 0.644. The third kappa shape index (κ3) is 3.51. The maximum atomic E-state index is 5.43. The standard InChI is InChI=1S/C6H6BrN.C2H6.H2/c7-5-2-1-3-6(8)4-5;1-2;/h1-4H,8H2;1-2H3;1H. The molecule has 1 rings (SSSR count). The lowest BCUT2D eigenvalue weighted by atomic mass is 10.3. The Bertz CT molecular complexity index is 174. The molecule has 2 heteroatoms. The van der Waals surface area contributed by atoms with Crippen LogP contribution in [-0.4, -0.2) is 0 Å². The zero-order valence-electron chi connectivity index (χ0n) is 6.26. The lowest BCUT2D eigenvalue weighted by Crippen LogP contribution is -1.80. The van der Waals surface area contributed by atoms with Crippen LogP contribution in [0.3, 0.4) is 0 Å². The lowest BCUT2D eigenvalue weighted by Gasteiger charge is -1.89. The minimum atomic E-state index is 0. The van der Waals surface area contributed by atoms with Gasteiger partial charge in [0, 0.05) is 11.6 Å². The van der Waals surface area contributed by atoms with Gasteiger partial charge in [0.25, 0.3) is 0 Å². The zero-order chi connectivity index (χ0) is 7.98. The number of nitrogen functional groups attached to an aromatic ring is 1. The first kappa shape index (κ1) is 9.50. The Labute approximate surface area is 71.9 Å². The molecule has 0 aliphatic carbocycles. The van der Waals surface area contributed by atoms with Gasteiger partial charge in [0.2, 0.25) is 0 Å². The van der Waals surface area contributed by atoms with Crippen LogP contribution in [0.2, 0.25) is 0 Å². The van der Waals surface area contributed by atoms with Crippen LogP contribution >= 0.6 is 15.9 Å². The second kappa shape index (κ2) is 5.30. The number of rotatable bonds is 0. The molecule has 0 heterocycles. The summed E-state index contributed by atoms with van der Waals surface area (Å²) in [6.07, 6.45) is 0. The predicted octanol–water partition coefficient (Wildman–Crippen LogP) is 3.30. The highest BCUT2D eigenvalue weighted by molar-refractivity contribution is 9.10. The Balaban J connectivity index is 0. The summed E-state index contributed by atoms with van der Waals surface area (Å²) in [5.74, 6) is 0. The van der Waals surface area contributed by atoms with Crippen molar-refractivity contribution < 1.29 is 1.43 Å². The van der Waals surface area contributed by atoms with Gasteiger partial charge in [0.05, 0.1) is 0 Å². The number of anilines is 1. The first-order valence-corrected chi connectivity index (χ1v) is 4.09. The van der Waals surface area contributed by atoms with E-state index in [0.717, 1.165) is 10.2 Å². The van der Waals surface area contributed by atoms with E-state index in [4.69, 9.17) is 5.73 Å². The largest absolute Gasteiger partial charge is 0.399 e. The van der Waals surface area contributed by atoms with E-state index in [9.17, 15) is 0 Å². The number of benzene rings is 1. The SMILES string of the molecule is CC.Nc1cccc(Br)c1.[HH]. The van der Waals surface area contributed by atoms with Crippen molar-refractivity contribution in [3.63, 3.8) is 0 Å². The Hall–Kier alpha value is -0.500. The molecule has 0 spiro atoms. The molecule has 0 saturated heterocycles. The van der Waals surface area contributed by atoms with Crippen LogP contribution in [0.4, 0.5) is 5.69 Å². The molecule has 0 bridgehead atoms. The maximum absolute atomic E-state index is 5.43. The van der Waals surface area contributed by atoms with Crippen molar-refractivity contribution in [3.05, 3.63) is 28.7 Å². The van der Waals surface area contributed by atoms with E-state index in [-0.39, 0.29) is 1.43 Å². The Morgan fingerprint density at radius 3 is 2.30 bits per heavy atom. The van der Waals surface area contributed by atoms with Gasteiger partial charge in [-0.3, -0.25) is 0 Å². The summed E-state index contributed by atoms with van der Waals surface area (Å²) in [5.41, 5.74) is 6.22. The molecule has 1 nitrogen and oxygen atoms in total. The fourth-order valence-electron chi connectivity index (χ4n) is 0.507. The maximum Gasteiger partial charge on any atom is 0.0325 e. The van der Waals surface area contributed by atoms with Gasteiger partial charge >= 0.3 is 0 Å². The fourth-order valence-corrected chi connectivity index (χ4v) is 0.924. The first-order chi connectivity index (χ1) is 4.79. The van der Waals surface area contributed by atoms with E-state index in [0.29, 0.717) is 0 Å². The highest BCUT2D eigenvalue weighted by Gasteiger charge is 1.82. The van der Waals surface area contributed by atoms with Crippen LogP contribution < -0.4 is 5.73 Å². The summed E-state index contributed by atoms with van der Waals surface area (Å²) >= 11 is 3.28. The van der Waals surface area contributed by atoms with Crippen molar-refractivity contribution >= 4 is 21.6 Å². The zero-order valence-corrected chi connectivity index (χ0v) is 7.85. The number of nitrogens with two attached hydrogens (primary N) is 1. The summed E-state index contributed by atoms with van der Waals surface area (Å²) < 4.78 is 1.03. The van der Waals surface area contributed by atoms with Crippen molar-refractivity contribution in [2.45, 2.75) is 13.8 Å². The van der Waals surface area contributed by atoms with Crippen molar-refractivity contribution in [3.8, 4) is 0 Å². The summed E-state index contributed by atoms with van der Waals surface area (Å²) in [5, 5.41) is 0. The molecule has 0 aliphatic rings. The van der Waals surface area contributed by atoms with Crippen LogP contribution in [-0.2, 0) is 0 Å². The van der Waals surface area contributed by atoms with Gasteiger partial charge < -0.3 is 5.73 Å². The van der Waals surface area contributed by atoms with Gasteiger partial charge in [-0.1, -0.05) is 35.8 Å². The molecule has 1 aromatic carbocycles. The van der Waals surface area contributed by atoms with Crippen LogP contribution in [0.5, 0.6) is 0 Å². The van der Waals surface area contributed by atoms with Gasteiger partial charge in [0.1, 0.15) is 0 Å². The number of hydrogen-bond donors (Lipinski definition) is 1. The molecule has 0 atom stereocenters. The number of hydrogen-bond acceptors (Lipinski definition) is 1. The number of halogens is 1. The van der Waals surface area contributed by atoms with Gasteiger partial charge in [-0.25, -0.2) is 0 Å². The lowest BCUT2D eigenvalue weighted by molar-refractivity contribution is 1.50. The highest BCUT2D eigenvalue weighted by Crippen LogP contribution is 2.11. The predicted molar refractivity (Wildman–Crippen MR) is 52.0 cm³/mol. The van der Waals surface area contributed by atoms with Crippen LogP contribution in [0, 0.1) is 0 Å². The Morgan fingerprint density at radius 2 is 2.00 bits per heavy atom. The second-order valence-corrected chi connectivity index (χ2v) is 2.47. The van der Waals surface area contributed by atoms with E-state index in [1.54, 1.807) is 0 Å². The molecule has 1 aromatic rings. The molecule has 2 N–H and O–H groups in total. The summed E-state index contributed by atoms with van der Waals surface area (Å²) in [6, 6.07) is 7.56. The smallest absolute Gasteiger partial charge is 0.0325 e. The Kier molecular flexibility index (Phi) is 5.03. The Morgan fingerprint density at radius 1 is 1.40 bits per heavy atom. The molecule has 0 aromatic heterocycles.